The molecule has 0 saturated carbocycles. The zero-order chi connectivity index (χ0) is 30.7. The van der Waals surface area contributed by atoms with Gasteiger partial charge in [0.1, 0.15) is 6.61 Å². The Morgan fingerprint density at radius 2 is 1.31 bits per heavy atom. The number of carbonyl (C=O) groups excluding carboxylic acids is 2. The number of thiocarbonyl (C=S) groups is 1. The summed E-state index contributed by atoms with van der Waals surface area (Å²) in [6.07, 6.45) is 0. The number of carbonyl (C=O) groups is 2. The number of benzene rings is 3. The molecule has 0 unspecified atom stereocenters. The molecule has 3 aromatic carbocycles. The van der Waals surface area contributed by atoms with E-state index in [1.165, 1.54) is 21.6 Å². The van der Waals surface area contributed by atoms with Crippen LogP contribution in [0.15, 0.2) is 60.7 Å². The number of amides is 2. The van der Waals surface area contributed by atoms with Crippen molar-refractivity contribution in [2.75, 3.05) is 20.3 Å². The second-order valence-corrected chi connectivity index (χ2v) is 13.0. The molecule has 222 valence electrons. The van der Waals surface area contributed by atoms with E-state index in [4.69, 9.17) is 21.7 Å². The highest BCUT2D eigenvalue weighted by atomic mass is 32.1. The highest BCUT2D eigenvalue weighted by molar-refractivity contribution is 7.80. The van der Waals surface area contributed by atoms with Crippen molar-refractivity contribution in [3.63, 3.8) is 0 Å². The van der Waals surface area contributed by atoms with Crippen LogP contribution in [0.25, 0.3) is 0 Å². The molecule has 0 atom stereocenters. The average molecular weight is 588 g/mol. The molecule has 0 bridgehead atoms. The summed E-state index contributed by atoms with van der Waals surface area (Å²) in [7, 11) is 1.58. The normalized spacial score (nSPS) is 13.2. The van der Waals surface area contributed by atoms with Gasteiger partial charge >= 0.3 is 0 Å². The quantitative estimate of drug-likeness (QED) is 0.230. The van der Waals surface area contributed by atoms with Gasteiger partial charge in [0.15, 0.2) is 16.6 Å². The van der Waals surface area contributed by atoms with Crippen molar-refractivity contribution in [1.29, 1.82) is 0 Å². The number of nitrogens with one attached hydrogen (secondary N) is 2. The lowest BCUT2D eigenvalue weighted by atomic mass is 9.79. The fourth-order valence-corrected chi connectivity index (χ4v) is 4.86. The minimum Gasteiger partial charge on any atom is -0.493 e. The van der Waals surface area contributed by atoms with E-state index in [1.807, 2.05) is 18.2 Å². The average Bonchev–Trinajstić information content (AvgIpc) is 3.19. The third kappa shape index (κ3) is 7.29. The lowest BCUT2D eigenvalue weighted by Crippen LogP contribution is -2.34. The smallest absolute Gasteiger partial charge is 0.261 e. The van der Waals surface area contributed by atoms with Crippen LogP contribution >= 0.6 is 12.2 Å². The maximum atomic E-state index is 12.6. The first-order valence-corrected chi connectivity index (χ1v) is 14.6. The SMILES string of the molecule is COc1cc(CNC(=S)NCc2cc(C(C)(C)C)cc(C(C)(C)C)c2)ccc1OCCN1C(=O)c2ccccc2C1=O. The van der Waals surface area contributed by atoms with Gasteiger partial charge in [0.25, 0.3) is 11.8 Å². The third-order valence-electron chi connectivity index (χ3n) is 7.31. The highest BCUT2D eigenvalue weighted by Crippen LogP contribution is 2.31. The number of hydrogen-bond acceptors (Lipinski definition) is 5. The molecule has 4 rings (SSSR count). The van der Waals surface area contributed by atoms with Crippen molar-refractivity contribution in [1.82, 2.24) is 15.5 Å². The van der Waals surface area contributed by atoms with Crippen LogP contribution < -0.4 is 20.1 Å². The third-order valence-corrected chi connectivity index (χ3v) is 7.60. The number of imide groups is 1. The molecule has 42 heavy (non-hydrogen) atoms. The van der Waals surface area contributed by atoms with Gasteiger partial charge in [0.2, 0.25) is 0 Å². The van der Waals surface area contributed by atoms with Gasteiger partial charge in [0, 0.05) is 13.1 Å². The van der Waals surface area contributed by atoms with E-state index in [0.29, 0.717) is 40.8 Å². The van der Waals surface area contributed by atoms with Crippen LogP contribution in [0.1, 0.15) is 84.5 Å². The summed E-state index contributed by atoms with van der Waals surface area (Å²) in [5.41, 5.74) is 5.74. The summed E-state index contributed by atoms with van der Waals surface area (Å²) in [5, 5.41) is 7.17. The molecule has 0 aliphatic carbocycles. The Labute approximate surface area is 254 Å². The van der Waals surface area contributed by atoms with Crippen LogP contribution in [0.2, 0.25) is 0 Å². The molecule has 1 heterocycles. The monoisotopic (exact) mass is 587 g/mol. The first-order chi connectivity index (χ1) is 19.8. The van der Waals surface area contributed by atoms with Gasteiger partial charge < -0.3 is 20.1 Å². The zero-order valence-electron chi connectivity index (χ0n) is 25.6. The van der Waals surface area contributed by atoms with Crippen LogP contribution in [0.5, 0.6) is 11.5 Å². The van der Waals surface area contributed by atoms with Crippen LogP contribution in [-0.4, -0.2) is 42.1 Å². The van der Waals surface area contributed by atoms with Crippen LogP contribution in [-0.2, 0) is 23.9 Å². The Morgan fingerprint density at radius 1 is 0.762 bits per heavy atom. The van der Waals surface area contributed by atoms with E-state index in [0.717, 1.165) is 5.56 Å². The van der Waals surface area contributed by atoms with E-state index in [-0.39, 0.29) is 35.8 Å². The topological polar surface area (TPSA) is 79.9 Å². The fourth-order valence-electron chi connectivity index (χ4n) is 4.72. The lowest BCUT2D eigenvalue weighted by Gasteiger charge is -2.26. The first-order valence-electron chi connectivity index (χ1n) is 14.2. The van der Waals surface area contributed by atoms with Gasteiger partial charge in [0.05, 0.1) is 24.8 Å². The molecule has 0 spiro atoms. The number of nitrogens with zero attached hydrogens (tertiary/aromatic N) is 1. The molecule has 3 aromatic rings. The second-order valence-electron chi connectivity index (χ2n) is 12.6. The molecule has 0 saturated heterocycles. The maximum absolute atomic E-state index is 12.6. The Hall–Kier alpha value is -3.91. The summed E-state index contributed by atoms with van der Waals surface area (Å²) in [6, 6.07) is 19.3. The van der Waals surface area contributed by atoms with E-state index < -0.39 is 0 Å². The molecule has 0 aromatic heterocycles. The lowest BCUT2D eigenvalue weighted by molar-refractivity contribution is 0.0631. The Kier molecular flexibility index (Phi) is 9.26. The molecule has 0 radical (unpaired) electrons. The van der Waals surface area contributed by atoms with Gasteiger partial charge in [-0.15, -0.1) is 0 Å². The minimum absolute atomic E-state index is 0.0542. The Morgan fingerprint density at radius 3 is 1.83 bits per heavy atom. The summed E-state index contributed by atoms with van der Waals surface area (Å²) in [4.78, 5) is 26.4. The molecule has 0 fully saturated rings. The van der Waals surface area contributed by atoms with Gasteiger partial charge in [-0.3, -0.25) is 14.5 Å². The summed E-state index contributed by atoms with van der Waals surface area (Å²) in [6.45, 7) is 14.8. The fraction of sp³-hybridized carbons (Fsp3) is 0.382. The molecular weight excluding hydrogens is 546 g/mol. The number of hydrogen-bond donors (Lipinski definition) is 2. The molecule has 2 amide bonds. The van der Waals surface area contributed by atoms with Crippen molar-refractivity contribution in [3.8, 4) is 11.5 Å². The van der Waals surface area contributed by atoms with Crippen molar-refractivity contribution in [2.45, 2.75) is 65.5 Å². The zero-order valence-corrected chi connectivity index (χ0v) is 26.4. The molecule has 8 heteroatoms. The predicted molar refractivity (Wildman–Crippen MR) is 170 cm³/mol. The number of rotatable bonds is 9. The molecule has 7 nitrogen and oxygen atoms in total. The Bertz CT molecular complexity index is 1420. The summed E-state index contributed by atoms with van der Waals surface area (Å²) in [5.74, 6) is 0.499. The van der Waals surface area contributed by atoms with Crippen molar-refractivity contribution < 1.29 is 19.1 Å². The van der Waals surface area contributed by atoms with Crippen LogP contribution in [0, 0.1) is 0 Å². The molecule has 1 aliphatic heterocycles. The van der Waals surface area contributed by atoms with E-state index in [9.17, 15) is 9.59 Å². The molecule has 1 aliphatic rings. The van der Waals surface area contributed by atoms with Gasteiger partial charge in [-0.05, 0) is 69.6 Å². The van der Waals surface area contributed by atoms with E-state index >= 15 is 0 Å². The van der Waals surface area contributed by atoms with E-state index in [2.05, 4.69) is 70.4 Å². The van der Waals surface area contributed by atoms with E-state index in [1.54, 1.807) is 31.4 Å². The van der Waals surface area contributed by atoms with Gasteiger partial charge in [-0.2, -0.15) is 0 Å². The second kappa shape index (κ2) is 12.5. The number of methoxy groups -OCH3 is 1. The van der Waals surface area contributed by atoms with Gasteiger partial charge in [-0.25, -0.2) is 0 Å². The van der Waals surface area contributed by atoms with Crippen LogP contribution in [0.3, 0.4) is 0 Å². The maximum Gasteiger partial charge on any atom is 0.261 e. The first kappa shape index (κ1) is 31.0. The van der Waals surface area contributed by atoms with Crippen molar-refractivity contribution in [2.24, 2.45) is 0 Å². The number of fused-ring (bicyclic) bond motifs is 1. The van der Waals surface area contributed by atoms with Gasteiger partial charge in [-0.1, -0.05) is 77.9 Å². The largest absolute Gasteiger partial charge is 0.493 e. The molecular formula is C34H41N3O4S. The summed E-state index contributed by atoms with van der Waals surface area (Å²) < 4.78 is 11.4. The molecule has 2 N–H and O–H groups in total. The standard InChI is InChI=1S/C34H41N3O4S/c1-33(2,3)24-16-23(17-25(19-24)34(4,5)6)21-36-32(42)35-20-22-12-13-28(29(18-22)40-7)41-15-14-37-30(38)26-10-8-9-11-27(26)31(37)39/h8-13,16-19H,14-15,20-21H2,1-7H3,(H2,35,36,42). The Balaban J connectivity index is 1.30. The minimum atomic E-state index is -0.297. The van der Waals surface area contributed by atoms with Crippen molar-refractivity contribution >= 4 is 29.1 Å². The number of ether oxygens (including phenoxy) is 2. The predicted octanol–water partition coefficient (Wildman–Crippen LogP) is 6.13. The summed E-state index contributed by atoms with van der Waals surface area (Å²) >= 11 is 5.57. The van der Waals surface area contributed by atoms with Crippen LogP contribution in [0.4, 0.5) is 0 Å². The van der Waals surface area contributed by atoms with Crippen molar-refractivity contribution in [3.05, 3.63) is 94.0 Å². The highest BCUT2D eigenvalue weighted by Gasteiger charge is 2.34.